The second kappa shape index (κ2) is 10.2. The predicted octanol–water partition coefficient (Wildman–Crippen LogP) is 2.39. The maximum Gasteiger partial charge on any atom is 0.191 e. The summed E-state index contributed by atoms with van der Waals surface area (Å²) in [6.07, 6.45) is 1.05. The number of guanidine groups is 1. The molecule has 126 valence electrons. The number of aromatic nitrogens is 3. The molecule has 0 bridgehead atoms. The molecule has 2 rings (SSSR count). The zero-order valence-electron chi connectivity index (χ0n) is 13.9. The molecule has 6 nitrogen and oxygen atoms in total. The first-order valence-corrected chi connectivity index (χ1v) is 7.61. The number of halogens is 1. The summed E-state index contributed by atoms with van der Waals surface area (Å²) in [4.78, 5) is 4.62. The number of nitrogens with zero attached hydrogens (tertiary/aromatic N) is 4. The van der Waals surface area contributed by atoms with Gasteiger partial charge in [0.15, 0.2) is 11.8 Å². The number of hydrogen-bond donors (Lipinski definition) is 2. The quantitative estimate of drug-likeness (QED) is 0.421. The van der Waals surface area contributed by atoms with Crippen molar-refractivity contribution in [2.75, 3.05) is 6.54 Å². The summed E-state index contributed by atoms with van der Waals surface area (Å²) in [6.45, 7) is 6.21. The van der Waals surface area contributed by atoms with E-state index in [0.717, 1.165) is 30.6 Å². The molecular formula is C16H25IN6. The number of benzene rings is 1. The Morgan fingerprint density at radius 3 is 2.52 bits per heavy atom. The lowest BCUT2D eigenvalue weighted by Crippen LogP contribution is -2.37. The van der Waals surface area contributed by atoms with Gasteiger partial charge in [-0.2, -0.15) is 0 Å². The van der Waals surface area contributed by atoms with E-state index < -0.39 is 0 Å². The van der Waals surface area contributed by atoms with Crippen molar-refractivity contribution in [2.24, 2.45) is 12.0 Å². The van der Waals surface area contributed by atoms with Crippen LogP contribution in [0.4, 0.5) is 0 Å². The first-order chi connectivity index (χ1) is 10.7. The van der Waals surface area contributed by atoms with Crippen LogP contribution < -0.4 is 10.6 Å². The van der Waals surface area contributed by atoms with E-state index in [-0.39, 0.29) is 24.0 Å². The van der Waals surface area contributed by atoms with Gasteiger partial charge in [-0.05, 0) is 18.9 Å². The van der Waals surface area contributed by atoms with Crippen molar-refractivity contribution in [3.05, 3.63) is 47.5 Å². The van der Waals surface area contributed by atoms with Crippen molar-refractivity contribution in [2.45, 2.75) is 33.4 Å². The number of rotatable bonds is 6. The van der Waals surface area contributed by atoms with Gasteiger partial charge in [-0.3, -0.25) is 0 Å². The fourth-order valence-electron chi connectivity index (χ4n) is 1.94. The van der Waals surface area contributed by atoms with Crippen LogP contribution in [0.15, 0.2) is 35.3 Å². The Labute approximate surface area is 154 Å². The van der Waals surface area contributed by atoms with Crippen LogP contribution in [0.25, 0.3) is 0 Å². The molecule has 7 heteroatoms. The van der Waals surface area contributed by atoms with Crippen molar-refractivity contribution >= 4 is 29.9 Å². The summed E-state index contributed by atoms with van der Waals surface area (Å²) in [5.74, 6) is 2.59. The van der Waals surface area contributed by atoms with E-state index >= 15 is 0 Å². The Bertz CT molecular complexity index is 608. The van der Waals surface area contributed by atoms with Crippen molar-refractivity contribution in [3.8, 4) is 0 Å². The summed E-state index contributed by atoms with van der Waals surface area (Å²) in [7, 11) is 1.96. The molecule has 2 aromatic rings. The van der Waals surface area contributed by atoms with Gasteiger partial charge < -0.3 is 15.2 Å². The van der Waals surface area contributed by atoms with Gasteiger partial charge in [-0.15, -0.1) is 34.2 Å². The molecule has 0 saturated heterocycles. The third-order valence-corrected chi connectivity index (χ3v) is 3.40. The standard InChI is InChI=1S/C16H24N6.HI/c1-4-10-17-16(18-11-14-8-6-5-7-9-14)19-12-15-21-20-13(2)22(15)3;/h5-9H,4,10-12H2,1-3H3,(H2,17,18,19);1H. The van der Waals surface area contributed by atoms with Crippen LogP contribution in [0.5, 0.6) is 0 Å². The van der Waals surface area contributed by atoms with Crippen LogP contribution in [0.2, 0.25) is 0 Å². The Hall–Kier alpha value is -1.64. The van der Waals surface area contributed by atoms with Gasteiger partial charge in [-0.1, -0.05) is 37.3 Å². The monoisotopic (exact) mass is 428 g/mol. The minimum atomic E-state index is 0. The summed E-state index contributed by atoms with van der Waals surface area (Å²) in [5.41, 5.74) is 1.19. The van der Waals surface area contributed by atoms with Crippen molar-refractivity contribution in [1.82, 2.24) is 25.4 Å². The summed E-state index contributed by atoms with van der Waals surface area (Å²) >= 11 is 0. The topological polar surface area (TPSA) is 67.1 Å². The highest BCUT2D eigenvalue weighted by Crippen LogP contribution is 2.00. The maximum absolute atomic E-state index is 4.62. The fraction of sp³-hybridized carbons (Fsp3) is 0.438. The molecule has 0 atom stereocenters. The number of aliphatic imine (C=N–C) groups is 1. The van der Waals surface area contributed by atoms with Gasteiger partial charge in [0.1, 0.15) is 5.82 Å². The Morgan fingerprint density at radius 2 is 1.91 bits per heavy atom. The number of nitrogens with one attached hydrogen (secondary N) is 2. The molecule has 0 fully saturated rings. The minimum absolute atomic E-state index is 0. The third kappa shape index (κ3) is 6.17. The largest absolute Gasteiger partial charge is 0.356 e. The molecule has 0 aliphatic carbocycles. The lowest BCUT2D eigenvalue weighted by Gasteiger charge is -2.12. The predicted molar refractivity (Wildman–Crippen MR) is 104 cm³/mol. The molecule has 1 aromatic heterocycles. The highest BCUT2D eigenvalue weighted by molar-refractivity contribution is 14.0. The minimum Gasteiger partial charge on any atom is -0.356 e. The zero-order valence-corrected chi connectivity index (χ0v) is 16.2. The highest BCUT2D eigenvalue weighted by Gasteiger charge is 2.05. The van der Waals surface area contributed by atoms with Crippen molar-refractivity contribution in [3.63, 3.8) is 0 Å². The van der Waals surface area contributed by atoms with E-state index in [1.54, 1.807) is 0 Å². The summed E-state index contributed by atoms with van der Waals surface area (Å²) < 4.78 is 1.97. The molecular weight excluding hydrogens is 403 g/mol. The average molecular weight is 428 g/mol. The molecule has 1 aromatic carbocycles. The smallest absolute Gasteiger partial charge is 0.191 e. The molecule has 2 N–H and O–H groups in total. The van der Waals surface area contributed by atoms with Gasteiger partial charge >= 0.3 is 0 Å². The van der Waals surface area contributed by atoms with Crippen LogP contribution in [0.3, 0.4) is 0 Å². The van der Waals surface area contributed by atoms with Crippen LogP contribution in [-0.2, 0) is 20.1 Å². The zero-order chi connectivity index (χ0) is 15.8. The second-order valence-corrected chi connectivity index (χ2v) is 5.15. The number of hydrogen-bond acceptors (Lipinski definition) is 3. The highest BCUT2D eigenvalue weighted by atomic mass is 127. The summed E-state index contributed by atoms with van der Waals surface area (Å²) in [5, 5.41) is 14.8. The van der Waals surface area contributed by atoms with Crippen LogP contribution in [0, 0.1) is 6.92 Å². The molecule has 1 heterocycles. The van der Waals surface area contributed by atoms with Crippen molar-refractivity contribution in [1.29, 1.82) is 0 Å². The lowest BCUT2D eigenvalue weighted by atomic mass is 10.2. The molecule has 0 radical (unpaired) electrons. The Balaban J connectivity index is 0.00000264. The van der Waals surface area contributed by atoms with Crippen LogP contribution in [0.1, 0.15) is 30.6 Å². The molecule has 0 spiro atoms. The fourth-order valence-corrected chi connectivity index (χ4v) is 1.94. The van der Waals surface area contributed by atoms with E-state index in [9.17, 15) is 0 Å². The molecule has 0 aliphatic heterocycles. The molecule has 0 aliphatic rings. The van der Waals surface area contributed by atoms with Gasteiger partial charge in [0.2, 0.25) is 0 Å². The van der Waals surface area contributed by atoms with E-state index in [1.165, 1.54) is 5.56 Å². The van der Waals surface area contributed by atoms with E-state index in [1.807, 2.05) is 36.7 Å². The van der Waals surface area contributed by atoms with Gasteiger partial charge in [0.05, 0.1) is 13.1 Å². The van der Waals surface area contributed by atoms with E-state index in [0.29, 0.717) is 13.1 Å². The van der Waals surface area contributed by atoms with E-state index in [2.05, 4.69) is 44.9 Å². The SMILES string of the molecule is CCCNC(=NCc1ccccc1)NCc1nnc(C)n1C.I. The van der Waals surface area contributed by atoms with Gasteiger partial charge in [-0.25, -0.2) is 4.99 Å². The first-order valence-electron chi connectivity index (χ1n) is 7.61. The van der Waals surface area contributed by atoms with Gasteiger partial charge in [0, 0.05) is 13.6 Å². The molecule has 0 amide bonds. The van der Waals surface area contributed by atoms with Crippen LogP contribution in [-0.4, -0.2) is 27.3 Å². The lowest BCUT2D eigenvalue weighted by molar-refractivity contribution is 0.710. The van der Waals surface area contributed by atoms with Crippen molar-refractivity contribution < 1.29 is 0 Å². The molecule has 0 saturated carbocycles. The Morgan fingerprint density at radius 1 is 1.17 bits per heavy atom. The Kier molecular flexibility index (Phi) is 8.60. The molecule has 23 heavy (non-hydrogen) atoms. The normalized spacial score (nSPS) is 11.0. The first kappa shape index (κ1) is 19.4. The summed E-state index contributed by atoms with van der Waals surface area (Å²) in [6, 6.07) is 10.2. The maximum atomic E-state index is 4.62. The van der Waals surface area contributed by atoms with Crippen LogP contribution >= 0.6 is 24.0 Å². The average Bonchev–Trinajstić information content (AvgIpc) is 2.87. The molecule has 0 unspecified atom stereocenters. The van der Waals surface area contributed by atoms with E-state index in [4.69, 9.17) is 0 Å². The third-order valence-electron chi connectivity index (χ3n) is 3.40. The second-order valence-electron chi connectivity index (χ2n) is 5.15. The van der Waals surface area contributed by atoms with Gasteiger partial charge in [0.25, 0.3) is 0 Å². The number of aryl methyl sites for hydroxylation is 1.